The van der Waals surface area contributed by atoms with Crippen molar-refractivity contribution >= 4 is 5.69 Å². The van der Waals surface area contributed by atoms with Crippen molar-refractivity contribution < 1.29 is 9.84 Å². The molecule has 3 atom stereocenters. The summed E-state index contributed by atoms with van der Waals surface area (Å²) in [5, 5.41) is 10.1. The van der Waals surface area contributed by atoms with Gasteiger partial charge in [0.05, 0.1) is 5.69 Å². The van der Waals surface area contributed by atoms with Crippen molar-refractivity contribution in [2.24, 2.45) is 11.8 Å². The Kier molecular flexibility index (Phi) is 5.26. The number of piperidine rings is 1. The zero-order chi connectivity index (χ0) is 14.5. The highest BCUT2D eigenvalue weighted by Crippen LogP contribution is 2.22. The molecular formula is C16H26N2O2. The molecule has 1 aromatic carbocycles. The molecule has 2 rings (SSSR count). The number of nitrogens with zero attached hydrogens (tertiary/aromatic N) is 1. The second-order valence-corrected chi connectivity index (χ2v) is 6.17. The fraction of sp³-hybridized carbons (Fsp3) is 0.625. The molecule has 20 heavy (non-hydrogen) atoms. The van der Waals surface area contributed by atoms with Crippen LogP contribution in [0.15, 0.2) is 24.3 Å². The van der Waals surface area contributed by atoms with Crippen molar-refractivity contribution in [1.82, 2.24) is 4.90 Å². The number of likely N-dealkylation sites (tertiary alicyclic amines) is 1. The molecule has 4 nitrogen and oxygen atoms in total. The first-order valence-corrected chi connectivity index (χ1v) is 7.42. The number of aliphatic hydroxyl groups excluding tert-OH is 1. The van der Waals surface area contributed by atoms with Gasteiger partial charge in [0.15, 0.2) is 0 Å². The van der Waals surface area contributed by atoms with Crippen LogP contribution in [0.5, 0.6) is 5.75 Å². The van der Waals surface area contributed by atoms with Gasteiger partial charge in [-0.1, -0.05) is 26.0 Å². The Bertz CT molecular complexity index is 415. The number of nitrogen functional groups attached to an aromatic ring is 1. The summed E-state index contributed by atoms with van der Waals surface area (Å²) in [6.07, 6.45) is 0.802. The van der Waals surface area contributed by atoms with Gasteiger partial charge in [-0.25, -0.2) is 0 Å². The number of β-amino-alcohol motifs (C(OH)–C–C–N with tert-alkyl or cyclic N) is 1. The van der Waals surface area contributed by atoms with Crippen molar-refractivity contribution in [1.29, 1.82) is 0 Å². The molecule has 0 aliphatic carbocycles. The highest BCUT2D eigenvalue weighted by Gasteiger charge is 2.23. The number of para-hydroxylation sites is 2. The summed E-state index contributed by atoms with van der Waals surface area (Å²) in [4.78, 5) is 2.33. The molecule has 0 radical (unpaired) electrons. The summed E-state index contributed by atoms with van der Waals surface area (Å²) in [5.41, 5.74) is 6.42. The number of hydrogen-bond acceptors (Lipinski definition) is 4. The maximum absolute atomic E-state index is 10.1. The fourth-order valence-corrected chi connectivity index (χ4v) is 3.09. The minimum atomic E-state index is -0.480. The SMILES string of the molecule is CC1CC(C)CN(CC(O)COc2ccccc2N)C1. The van der Waals surface area contributed by atoms with E-state index < -0.39 is 6.10 Å². The van der Waals surface area contributed by atoms with Gasteiger partial charge in [0, 0.05) is 19.6 Å². The monoisotopic (exact) mass is 278 g/mol. The molecule has 1 fully saturated rings. The highest BCUT2D eigenvalue weighted by molar-refractivity contribution is 5.51. The normalized spacial score (nSPS) is 25.4. The molecule has 0 bridgehead atoms. The van der Waals surface area contributed by atoms with E-state index in [-0.39, 0.29) is 6.61 Å². The Balaban J connectivity index is 1.78. The Morgan fingerprint density at radius 1 is 1.30 bits per heavy atom. The van der Waals surface area contributed by atoms with Crippen molar-refractivity contribution in [3.63, 3.8) is 0 Å². The van der Waals surface area contributed by atoms with Crippen molar-refractivity contribution in [2.45, 2.75) is 26.4 Å². The Labute approximate surface area is 121 Å². The van der Waals surface area contributed by atoms with E-state index in [0.717, 1.165) is 13.1 Å². The van der Waals surface area contributed by atoms with Crippen LogP contribution in [0.2, 0.25) is 0 Å². The molecule has 0 aromatic heterocycles. The molecule has 1 saturated heterocycles. The van der Waals surface area contributed by atoms with E-state index in [1.807, 2.05) is 18.2 Å². The van der Waals surface area contributed by atoms with Gasteiger partial charge < -0.3 is 20.5 Å². The minimum absolute atomic E-state index is 0.285. The van der Waals surface area contributed by atoms with Gasteiger partial charge in [-0.3, -0.25) is 0 Å². The van der Waals surface area contributed by atoms with E-state index in [4.69, 9.17) is 10.5 Å². The third-order valence-electron chi connectivity index (χ3n) is 3.76. The van der Waals surface area contributed by atoms with Gasteiger partial charge in [-0.15, -0.1) is 0 Å². The maximum atomic E-state index is 10.1. The smallest absolute Gasteiger partial charge is 0.142 e. The zero-order valence-electron chi connectivity index (χ0n) is 12.5. The molecule has 0 amide bonds. The topological polar surface area (TPSA) is 58.7 Å². The highest BCUT2D eigenvalue weighted by atomic mass is 16.5. The molecule has 0 saturated carbocycles. The number of hydrogen-bond donors (Lipinski definition) is 2. The summed E-state index contributed by atoms with van der Waals surface area (Å²) < 4.78 is 5.59. The van der Waals surface area contributed by atoms with E-state index in [9.17, 15) is 5.11 Å². The average Bonchev–Trinajstić information content (AvgIpc) is 2.36. The number of aliphatic hydroxyl groups is 1. The third-order valence-corrected chi connectivity index (χ3v) is 3.76. The van der Waals surface area contributed by atoms with Crippen LogP contribution in [0.4, 0.5) is 5.69 Å². The van der Waals surface area contributed by atoms with Crippen molar-refractivity contribution in [2.75, 3.05) is 32.0 Å². The zero-order valence-corrected chi connectivity index (χ0v) is 12.5. The van der Waals surface area contributed by atoms with Crippen LogP contribution in [0.1, 0.15) is 20.3 Å². The van der Waals surface area contributed by atoms with Crippen LogP contribution in [-0.4, -0.2) is 42.4 Å². The predicted molar refractivity (Wildman–Crippen MR) is 81.7 cm³/mol. The summed E-state index contributed by atoms with van der Waals surface area (Å²) in [5.74, 6) is 2.06. The molecule has 1 aliphatic heterocycles. The molecule has 3 unspecified atom stereocenters. The van der Waals surface area contributed by atoms with Gasteiger partial charge in [0.1, 0.15) is 18.5 Å². The number of ether oxygens (including phenoxy) is 1. The fourth-order valence-electron chi connectivity index (χ4n) is 3.09. The first-order chi connectivity index (χ1) is 9.54. The second-order valence-electron chi connectivity index (χ2n) is 6.17. The lowest BCUT2D eigenvalue weighted by Gasteiger charge is -2.35. The average molecular weight is 278 g/mol. The molecular weight excluding hydrogens is 252 g/mol. The van der Waals surface area contributed by atoms with E-state index in [0.29, 0.717) is 29.8 Å². The molecule has 112 valence electrons. The first kappa shape index (κ1) is 15.1. The molecule has 0 spiro atoms. The molecule has 4 heteroatoms. The van der Waals surface area contributed by atoms with Crippen molar-refractivity contribution in [3.8, 4) is 5.75 Å². The van der Waals surface area contributed by atoms with E-state index >= 15 is 0 Å². The number of rotatable bonds is 5. The number of benzene rings is 1. The summed E-state index contributed by atoms with van der Waals surface area (Å²) >= 11 is 0. The summed E-state index contributed by atoms with van der Waals surface area (Å²) in [6, 6.07) is 7.38. The van der Waals surface area contributed by atoms with Gasteiger partial charge in [0.2, 0.25) is 0 Å². The third kappa shape index (κ3) is 4.39. The summed E-state index contributed by atoms with van der Waals surface area (Å²) in [7, 11) is 0. The lowest BCUT2D eigenvalue weighted by Crippen LogP contribution is -2.44. The molecule has 1 heterocycles. The largest absolute Gasteiger partial charge is 0.489 e. The van der Waals surface area contributed by atoms with Gasteiger partial charge in [-0.2, -0.15) is 0 Å². The van der Waals surface area contributed by atoms with Gasteiger partial charge >= 0.3 is 0 Å². The Hall–Kier alpha value is -1.26. The molecule has 1 aliphatic rings. The van der Waals surface area contributed by atoms with Gasteiger partial charge in [0.25, 0.3) is 0 Å². The Morgan fingerprint density at radius 2 is 1.95 bits per heavy atom. The maximum Gasteiger partial charge on any atom is 0.142 e. The lowest BCUT2D eigenvalue weighted by molar-refractivity contribution is 0.0431. The van der Waals surface area contributed by atoms with Crippen LogP contribution in [0.3, 0.4) is 0 Å². The van der Waals surface area contributed by atoms with Crippen LogP contribution < -0.4 is 10.5 Å². The predicted octanol–water partition coefficient (Wildman–Crippen LogP) is 1.99. The minimum Gasteiger partial charge on any atom is -0.489 e. The van der Waals surface area contributed by atoms with Crippen LogP contribution in [-0.2, 0) is 0 Å². The second kappa shape index (κ2) is 6.95. The molecule has 1 aromatic rings. The van der Waals surface area contributed by atoms with Crippen molar-refractivity contribution in [3.05, 3.63) is 24.3 Å². The van der Waals surface area contributed by atoms with Crippen LogP contribution >= 0.6 is 0 Å². The first-order valence-electron chi connectivity index (χ1n) is 7.42. The van der Waals surface area contributed by atoms with Gasteiger partial charge in [-0.05, 0) is 30.4 Å². The quantitative estimate of drug-likeness (QED) is 0.809. The van der Waals surface area contributed by atoms with Crippen LogP contribution in [0, 0.1) is 11.8 Å². The Morgan fingerprint density at radius 3 is 2.60 bits per heavy atom. The molecule has 3 N–H and O–H groups in total. The van der Waals surface area contributed by atoms with E-state index in [1.54, 1.807) is 6.07 Å². The van der Waals surface area contributed by atoms with E-state index in [2.05, 4.69) is 18.7 Å². The van der Waals surface area contributed by atoms with Crippen LogP contribution in [0.25, 0.3) is 0 Å². The summed E-state index contributed by atoms with van der Waals surface area (Å²) in [6.45, 7) is 7.63. The standard InChI is InChI=1S/C16H26N2O2/c1-12-7-13(2)9-18(8-12)10-14(19)11-20-16-6-4-3-5-15(16)17/h3-6,12-14,19H,7-11,17H2,1-2H3. The number of anilines is 1. The number of nitrogens with two attached hydrogens (primary N) is 1. The lowest BCUT2D eigenvalue weighted by atomic mass is 9.92. The van der Waals surface area contributed by atoms with E-state index in [1.165, 1.54) is 6.42 Å².